The monoisotopic (exact) mass is 295 g/mol. The van der Waals surface area contributed by atoms with Crippen LogP contribution in [0, 0.1) is 11.6 Å². The molecular weight excluding hydrogens is 280 g/mol. The molecule has 2 aromatic carbocycles. The zero-order valence-electron chi connectivity index (χ0n) is 11.2. The molecule has 0 aliphatic heterocycles. The van der Waals surface area contributed by atoms with Crippen LogP contribution in [0.15, 0.2) is 42.5 Å². The normalized spacial score (nSPS) is 14.1. The first-order chi connectivity index (χ1) is 9.37. The van der Waals surface area contributed by atoms with Crippen LogP contribution in [-0.4, -0.2) is 5.54 Å². The minimum absolute atomic E-state index is 0.114. The highest BCUT2D eigenvalue weighted by Crippen LogP contribution is 2.24. The third-order valence-electron chi connectivity index (χ3n) is 3.15. The van der Waals surface area contributed by atoms with Gasteiger partial charge in [0.1, 0.15) is 11.6 Å². The van der Waals surface area contributed by atoms with Crippen LogP contribution < -0.4 is 5.73 Å². The van der Waals surface area contributed by atoms with E-state index in [4.69, 9.17) is 17.3 Å². The Kier molecular flexibility index (Phi) is 4.41. The summed E-state index contributed by atoms with van der Waals surface area (Å²) in [6.07, 6.45) is 1.00. The molecule has 1 atom stereocenters. The predicted octanol–water partition coefficient (Wildman–Crippen LogP) is 4.12. The molecule has 0 aliphatic rings. The molecule has 0 saturated heterocycles. The molecule has 0 aromatic heterocycles. The molecule has 0 spiro atoms. The highest BCUT2D eigenvalue weighted by Gasteiger charge is 2.22. The molecule has 106 valence electrons. The Hall–Kier alpha value is -1.45. The average Bonchev–Trinajstić information content (AvgIpc) is 2.37. The number of benzene rings is 2. The Balaban J connectivity index is 2.14. The molecule has 1 nitrogen and oxygen atoms in total. The van der Waals surface area contributed by atoms with E-state index in [9.17, 15) is 8.78 Å². The third-order valence-corrected chi connectivity index (χ3v) is 3.57. The summed E-state index contributed by atoms with van der Waals surface area (Å²) in [6.45, 7) is 1.87. The quantitative estimate of drug-likeness (QED) is 0.902. The molecule has 2 N–H and O–H groups in total. The molecule has 0 saturated carbocycles. The van der Waals surface area contributed by atoms with Gasteiger partial charge in [-0.1, -0.05) is 35.9 Å². The first-order valence-electron chi connectivity index (χ1n) is 6.34. The van der Waals surface area contributed by atoms with Gasteiger partial charge >= 0.3 is 0 Å². The maximum Gasteiger partial charge on any atom is 0.142 e. The van der Waals surface area contributed by atoms with Gasteiger partial charge in [0.15, 0.2) is 0 Å². The molecule has 0 fully saturated rings. The number of rotatable bonds is 4. The van der Waals surface area contributed by atoms with Crippen molar-refractivity contribution < 1.29 is 8.78 Å². The lowest BCUT2D eigenvalue weighted by Crippen LogP contribution is -2.41. The van der Waals surface area contributed by atoms with Gasteiger partial charge in [0.05, 0.1) is 5.02 Å². The van der Waals surface area contributed by atoms with Crippen LogP contribution in [0.2, 0.25) is 5.02 Å². The van der Waals surface area contributed by atoms with E-state index in [2.05, 4.69) is 0 Å². The number of halogens is 3. The van der Waals surface area contributed by atoms with Crippen molar-refractivity contribution in [3.8, 4) is 0 Å². The van der Waals surface area contributed by atoms with Crippen molar-refractivity contribution in [2.24, 2.45) is 5.73 Å². The summed E-state index contributed by atoms with van der Waals surface area (Å²) in [7, 11) is 0. The first-order valence-corrected chi connectivity index (χ1v) is 6.71. The summed E-state index contributed by atoms with van der Waals surface area (Å²) in [5.74, 6) is -0.720. The first kappa shape index (κ1) is 14.9. The molecule has 0 aliphatic carbocycles. The number of nitrogens with two attached hydrogens (primary N) is 1. The highest BCUT2D eigenvalue weighted by atomic mass is 35.5. The van der Waals surface area contributed by atoms with Crippen LogP contribution in [0.3, 0.4) is 0 Å². The average molecular weight is 296 g/mol. The summed E-state index contributed by atoms with van der Waals surface area (Å²) in [5.41, 5.74) is 7.29. The summed E-state index contributed by atoms with van der Waals surface area (Å²) in [6, 6.07) is 10.9. The highest BCUT2D eigenvalue weighted by molar-refractivity contribution is 6.31. The van der Waals surface area contributed by atoms with Gasteiger partial charge in [0.25, 0.3) is 0 Å². The predicted molar refractivity (Wildman–Crippen MR) is 77.8 cm³/mol. The maximum absolute atomic E-state index is 13.4. The largest absolute Gasteiger partial charge is 0.325 e. The van der Waals surface area contributed by atoms with Crippen LogP contribution in [-0.2, 0) is 12.8 Å². The SMILES string of the molecule is CC(N)(Cc1ccc(F)cc1)Cc1cccc(F)c1Cl. The molecular formula is C16H16ClF2N. The van der Waals surface area contributed by atoms with Crippen molar-refractivity contribution in [2.45, 2.75) is 25.3 Å². The molecule has 0 radical (unpaired) electrons. The van der Waals surface area contributed by atoms with Crippen molar-refractivity contribution in [2.75, 3.05) is 0 Å². The van der Waals surface area contributed by atoms with Crippen LogP contribution in [0.5, 0.6) is 0 Å². The van der Waals surface area contributed by atoms with Gasteiger partial charge in [-0.2, -0.15) is 0 Å². The Labute approximate surface area is 122 Å². The molecule has 2 rings (SSSR count). The zero-order valence-corrected chi connectivity index (χ0v) is 11.9. The Morgan fingerprint density at radius 2 is 1.70 bits per heavy atom. The van der Waals surface area contributed by atoms with Gasteiger partial charge in [0, 0.05) is 5.54 Å². The molecule has 0 bridgehead atoms. The Bertz CT molecular complexity index is 594. The molecule has 0 amide bonds. The number of hydrogen-bond donors (Lipinski definition) is 1. The second kappa shape index (κ2) is 5.90. The standard InChI is InChI=1S/C16H16ClF2N/c1-16(20,9-11-5-7-13(18)8-6-11)10-12-3-2-4-14(19)15(12)17/h2-8H,9-10,20H2,1H3. The van der Waals surface area contributed by atoms with Gasteiger partial charge < -0.3 is 5.73 Å². The topological polar surface area (TPSA) is 26.0 Å². The van der Waals surface area contributed by atoms with Crippen molar-refractivity contribution in [3.63, 3.8) is 0 Å². The minimum atomic E-state index is -0.588. The van der Waals surface area contributed by atoms with Crippen molar-refractivity contribution in [1.82, 2.24) is 0 Å². The van der Waals surface area contributed by atoms with Gasteiger partial charge in [-0.05, 0) is 49.1 Å². The van der Waals surface area contributed by atoms with E-state index in [-0.39, 0.29) is 10.8 Å². The van der Waals surface area contributed by atoms with Gasteiger partial charge in [-0.25, -0.2) is 8.78 Å². The summed E-state index contributed by atoms with van der Waals surface area (Å²) < 4.78 is 26.3. The lowest BCUT2D eigenvalue weighted by atomic mass is 9.87. The third kappa shape index (κ3) is 3.78. The molecule has 20 heavy (non-hydrogen) atoms. The van der Waals surface area contributed by atoms with E-state index in [0.717, 1.165) is 5.56 Å². The lowest BCUT2D eigenvalue weighted by molar-refractivity contribution is 0.461. The van der Waals surface area contributed by atoms with Gasteiger partial charge in [-0.15, -0.1) is 0 Å². The van der Waals surface area contributed by atoms with Crippen LogP contribution in [0.4, 0.5) is 8.78 Å². The second-order valence-electron chi connectivity index (χ2n) is 5.35. The fourth-order valence-electron chi connectivity index (χ4n) is 2.25. The van der Waals surface area contributed by atoms with Crippen LogP contribution >= 0.6 is 11.6 Å². The van der Waals surface area contributed by atoms with E-state index >= 15 is 0 Å². The molecule has 0 heterocycles. The van der Waals surface area contributed by atoms with Crippen molar-refractivity contribution >= 4 is 11.6 Å². The fourth-order valence-corrected chi connectivity index (χ4v) is 2.44. The minimum Gasteiger partial charge on any atom is -0.325 e. The van der Waals surface area contributed by atoms with E-state index in [1.807, 2.05) is 6.92 Å². The van der Waals surface area contributed by atoms with Crippen LogP contribution in [0.25, 0.3) is 0 Å². The fraction of sp³-hybridized carbons (Fsp3) is 0.250. The summed E-state index contributed by atoms with van der Waals surface area (Å²) >= 11 is 5.94. The Morgan fingerprint density at radius 3 is 2.35 bits per heavy atom. The summed E-state index contributed by atoms with van der Waals surface area (Å²) in [4.78, 5) is 0. The molecule has 4 heteroatoms. The van der Waals surface area contributed by atoms with Crippen molar-refractivity contribution in [3.05, 3.63) is 70.2 Å². The van der Waals surface area contributed by atoms with E-state index in [1.165, 1.54) is 18.2 Å². The van der Waals surface area contributed by atoms with Crippen molar-refractivity contribution in [1.29, 1.82) is 0 Å². The number of hydrogen-bond acceptors (Lipinski definition) is 1. The van der Waals surface area contributed by atoms with Crippen LogP contribution in [0.1, 0.15) is 18.1 Å². The summed E-state index contributed by atoms with van der Waals surface area (Å²) in [5, 5.41) is 0.114. The second-order valence-corrected chi connectivity index (χ2v) is 5.72. The van der Waals surface area contributed by atoms with E-state index in [0.29, 0.717) is 18.4 Å². The smallest absolute Gasteiger partial charge is 0.142 e. The molecule has 2 aromatic rings. The van der Waals surface area contributed by atoms with E-state index in [1.54, 1.807) is 24.3 Å². The van der Waals surface area contributed by atoms with Gasteiger partial charge in [-0.3, -0.25) is 0 Å². The van der Waals surface area contributed by atoms with E-state index < -0.39 is 11.4 Å². The van der Waals surface area contributed by atoms with Gasteiger partial charge in [0.2, 0.25) is 0 Å². The lowest BCUT2D eigenvalue weighted by Gasteiger charge is -2.25. The molecule has 1 unspecified atom stereocenters. The zero-order chi connectivity index (χ0) is 14.8. The Morgan fingerprint density at radius 1 is 1.05 bits per heavy atom. The maximum atomic E-state index is 13.4.